The van der Waals surface area contributed by atoms with Crippen LogP contribution in [0.25, 0.3) is 5.76 Å². The summed E-state index contributed by atoms with van der Waals surface area (Å²) < 4.78 is 5.35. The molecule has 2 heterocycles. The summed E-state index contributed by atoms with van der Waals surface area (Å²) in [5.41, 5.74) is 1.04. The Morgan fingerprint density at radius 3 is 2.48 bits per heavy atom. The van der Waals surface area contributed by atoms with Gasteiger partial charge in [0.1, 0.15) is 17.6 Å². The molecule has 1 saturated carbocycles. The predicted octanol–water partition coefficient (Wildman–Crippen LogP) is 3.84. The van der Waals surface area contributed by atoms with Gasteiger partial charge in [-0.3, -0.25) is 14.6 Å². The summed E-state index contributed by atoms with van der Waals surface area (Å²) in [6.07, 6.45) is 6.52. The lowest BCUT2D eigenvalue weighted by atomic mass is 9.92. The average Bonchev–Trinajstić information content (AvgIpc) is 3.05. The number of benzene rings is 1. The highest BCUT2D eigenvalue weighted by atomic mass is 16.5. The lowest BCUT2D eigenvalue weighted by Gasteiger charge is -2.35. The van der Waals surface area contributed by atoms with Crippen LogP contribution in [0.3, 0.4) is 0 Å². The van der Waals surface area contributed by atoms with Crippen molar-refractivity contribution in [2.45, 2.75) is 44.2 Å². The van der Waals surface area contributed by atoms with Gasteiger partial charge in [0.05, 0.1) is 23.9 Å². The Bertz CT molecular complexity index is 948. The molecule has 2 aromatic rings. The van der Waals surface area contributed by atoms with Crippen LogP contribution < -0.4 is 4.74 Å². The number of methoxy groups -OCH3 is 1. The Balaban J connectivity index is 1.89. The maximum Gasteiger partial charge on any atom is 0.295 e. The molecule has 1 atom stereocenters. The van der Waals surface area contributed by atoms with Crippen LogP contribution in [0, 0.1) is 0 Å². The fourth-order valence-corrected chi connectivity index (χ4v) is 4.40. The van der Waals surface area contributed by atoms with Gasteiger partial charge in [-0.2, -0.15) is 0 Å². The number of aliphatic hydroxyl groups excluding tert-OH is 1. The van der Waals surface area contributed by atoms with E-state index in [1.807, 2.05) is 6.07 Å². The maximum absolute atomic E-state index is 13.1. The van der Waals surface area contributed by atoms with Gasteiger partial charge >= 0.3 is 0 Å². The minimum atomic E-state index is -0.704. The van der Waals surface area contributed by atoms with Gasteiger partial charge < -0.3 is 14.7 Å². The van der Waals surface area contributed by atoms with E-state index in [9.17, 15) is 14.7 Å². The standard InChI is InChI=1S/C23H24N2O4/c1-29-18-13-6-5-11-16(18)21(26)19-20(17-12-7-8-14-24-17)25(23(28)22(19)27)15-9-3-2-4-10-15/h5-8,11-15,20,26H,2-4,9-10H2,1H3/b21-19-. The maximum atomic E-state index is 13.1. The van der Waals surface area contributed by atoms with E-state index < -0.39 is 17.7 Å². The number of Topliss-reactive ketones (excluding diaryl/α,β-unsaturated/α-hetero) is 1. The first-order chi connectivity index (χ1) is 14.1. The molecule has 1 unspecified atom stereocenters. The topological polar surface area (TPSA) is 79.7 Å². The van der Waals surface area contributed by atoms with Crippen LogP contribution >= 0.6 is 0 Å². The molecule has 1 aliphatic heterocycles. The van der Waals surface area contributed by atoms with E-state index in [2.05, 4.69) is 4.98 Å². The van der Waals surface area contributed by atoms with Gasteiger partial charge in [0.25, 0.3) is 11.7 Å². The number of carbonyl (C=O) groups is 2. The number of aliphatic hydroxyl groups is 1. The molecule has 29 heavy (non-hydrogen) atoms. The summed E-state index contributed by atoms with van der Waals surface area (Å²) in [6, 6.07) is 11.6. The molecule has 6 nitrogen and oxygen atoms in total. The van der Waals surface area contributed by atoms with E-state index in [-0.39, 0.29) is 17.4 Å². The summed E-state index contributed by atoms with van der Waals surface area (Å²) in [5, 5.41) is 11.1. The third-order valence-electron chi connectivity index (χ3n) is 5.78. The summed E-state index contributed by atoms with van der Waals surface area (Å²) in [7, 11) is 1.50. The molecular weight excluding hydrogens is 368 g/mol. The van der Waals surface area contributed by atoms with Crippen molar-refractivity contribution < 1.29 is 19.4 Å². The van der Waals surface area contributed by atoms with E-state index >= 15 is 0 Å². The number of nitrogens with zero attached hydrogens (tertiary/aromatic N) is 2. The van der Waals surface area contributed by atoms with Gasteiger partial charge in [0.2, 0.25) is 0 Å². The van der Waals surface area contributed by atoms with Crippen molar-refractivity contribution in [2.75, 3.05) is 7.11 Å². The van der Waals surface area contributed by atoms with E-state index in [1.165, 1.54) is 7.11 Å². The third-order valence-corrected chi connectivity index (χ3v) is 5.78. The number of likely N-dealkylation sites (tertiary alicyclic amines) is 1. The molecule has 1 amide bonds. The van der Waals surface area contributed by atoms with Crippen molar-refractivity contribution in [3.05, 3.63) is 65.5 Å². The van der Waals surface area contributed by atoms with Gasteiger partial charge in [0.15, 0.2) is 0 Å². The molecule has 0 radical (unpaired) electrons. The molecule has 1 aliphatic carbocycles. The van der Waals surface area contributed by atoms with Crippen LogP contribution in [-0.2, 0) is 9.59 Å². The number of carbonyl (C=O) groups excluding carboxylic acids is 2. The van der Waals surface area contributed by atoms with Crippen LogP contribution in [0.5, 0.6) is 5.75 Å². The molecule has 150 valence electrons. The van der Waals surface area contributed by atoms with Crippen LogP contribution in [0.2, 0.25) is 0 Å². The first-order valence-corrected chi connectivity index (χ1v) is 9.98. The Labute approximate surface area is 169 Å². The van der Waals surface area contributed by atoms with Gasteiger partial charge in [-0.1, -0.05) is 37.5 Å². The minimum absolute atomic E-state index is 0.0322. The summed E-state index contributed by atoms with van der Waals surface area (Å²) in [5.74, 6) is -1.03. The van der Waals surface area contributed by atoms with Crippen LogP contribution in [0.1, 0.15) is 49.4 Å². The van der Waals surface area contributed by atoms with E-state index in [0.717, 1.165) is 32.1 Å². The van der Waals surface area contributed by atoms with Gasteiger partial charge in [-0.05, 0) is 37.1 Å². The summed E-state index contributed by atoms with van der Waals surface area (Å²) >= 11 is 0. The number of hydrogen-bond acceptors (Lipinski definition) is 5. The van der Waals surface area contributed by atoms with Crippen molar-refractivity contribution in [2.24, 2.45) is 0 Å². The average molecular weight is 392 g/mol. The molecule has 1 aromatic carbocycles. The van der Waals surface area contributed by atoms with E-state index in [1.54, 1.807) is 47.5 Å². The Morgan fingerprint density at radius 1 is 1.07 bits per heavy atom. The quantitative estimate of drug-likeness (QED) is 0.486. The second-order valence-electron chi connectivity index (χ2n) is 7.45. The zero-order valence-electron chi connectivity index (χ0n) is 16.4. The number of rotatable bonds is 4. The molecule has 1 saturated heterocycles. The molecule has 2 aliphatic rings. The lowest BCUT2D eigenvalue weighted by molar-refractivity contribution is -0.141. The van der Waals surface area contributed by atoms with Crippen molar-refractivity contribution in [3.8, 4) is 5.75 Å². The van der Waals surface area contributed by atoms with Crippen LogP contribution in [-0.4, -0.2) is 39.8 Å². The number of pyridine rings is 1. The minimum Gasteiger partial charge on any atom is -0.507 e. The van der Waals surface area contributed by atoms with Crippen molar-refractivity contribution in [1.82, 2.24) is 9.88 Å². The number of hydrogen-bond donors (Lipinski definition) is 1. The van der Waals surface area contributed by atoms with Crippen molar-refractivity contribution in [1.29, 1.82) is 0 Å². The number of ether oxygens (including phenoxy) is 1. The van der Waals surface area contributed by atoms with Crippen LogP contribution in [0.4, 0.5) is 0 Å². The number of ketones is 1. The Hall–Kier alpha value is -3.15. The van der Waals surface area contributed by atoms with Crippen molar-refractivity contribution in [3.63, 3.8) is 0 Å². The predicted molar refractivity (Wildman–Crippen MR) is 108 cm³/mol. The second-order valence-corrected chi connectivity index (χ2v) is 7.45. The highest BCUT2D eigenvalue weighted by molar-refractivity contribution is 6.46. The van der Waals surface area contributed by atoms with E-state index in [4.69, 9.17) is 4.74 Å². The Kier molecular flexibility index (Phi) is 5.34. The van der Waals surface area contributed by atoms with Gasteiger partial charge in [-0.15, -0.1) is 0 Å². The van der Waals surface area contributed by atoms with Gasteiger partial charge in [-0.25, -0.2) is 0 Å². The van der Waals surface area contributed by atoms with Crippen LogP contribution in [0.15, 0.2) is 54.2 Å². The summed E-state index contributed by atoms with van der Waals surface area (Å²) in [4.78, 5) is 32.2. The molecule has 1 aromatic heterocycles. The molecular formula is C23H24N2O4. The Morgan fingerprint density at radius 2 is 1.79 bits per heavy atom. The third kappa shape index (κ3) is 3.39. The molecule has 1 N–H and O–H groups in total. The highest BCUT2D eigenvalue weighted by Gasteiger charge is 2.49. The van der Waals surface area contributed by atoms with Gasteiger partial charge in [0, 0.05) is 12.2 Å². The fraction of sp³-hybridized carbons (Fsp3) is 0.348. The SMILES string of the molecule is COc1ccccc1/C(O)=C1/C(=O)C(=O)N(C2CCCCC2)C1c1ccccn1. The largest absolute Gasteiger partial charge is 0.507 e. The number of para-hydroxylation sites is 1. The second kappa shape index (κ2) is 8.07. The van der Waals surface area contributed by atoms with E-state index in [0.29, 0.717) is 17.0 Å². The smallest absolute Gasteiger partial charge is 0.295 e. The monoisotopic (exact) mass is 392 g/mol. The first-order valence-electron chi connectivity index (χ1n) is 9.98. The highest BCUT2D eigenvalue weighted by Crippen LogP contribution is 2.43. The first kappa shape index (κ1) is 19.2. The molecule has 0 bridgehead atoms. The lowest BCUT2D eigenvalue weighted by Crippen LogP contribution is -2.40. The molecule has 6 heteroatoms. The number of aromatic nitrogens is 1. The zero-order valence-corrected chi connectivity index (χ0v) is 16.4. The zero-order chi connectivity index (χ0) is 20.4. The molecule has 0 spiro atoms. The fourth-order valence-electron chi connectivity index (χ4n) is 4.40. The summed E-state index contributed by atoms with van der Waals surface area (Å²) in [6.45, 7) is 0. The molecule has 2 fully saturated rings. The molecule has 4 rings (SSSR count). The normalized spacial score (nSPS) is 22.1. The number of amides is 1. The van der Waals surface area contributed by atoms with Crippen molar-refractivity contribution >= 4 is 17.4 Å².